The van der Waals surface area contributed by atoms with E-state index in [2.05, 4.69) is 81.5 Å². The van der Waals surface area contributed by atoms with Gasteiger partial charge in [-0.1, -0.05) is 159 Å². The number of allylic oxidation sites excluding steroid dienone is 8. The van der Waals surface area contributed by atoms with E-state index in [-0.39, 0.29) is 0 Å². The standard InChI is InChI=1S/C42H77NO/c1-5-9-11-13-15-17-19-21-23-25-27-29-31-33-35-37-39-42(44-43-41(7-3)8-4)40-38-36-34-32-30-28-26-24-22-20-18-16-14-12-10-6-2/h15-18,21-24,42H,5-14,19-20,25-40H2,1-4H3/b17-15-,18-16-,23-21-,24-22-. The molecular weight excluding hydrogens is 534 g/mol. The molecule has 0 aromatic heterocycles. The molecule has 0 radical (unpaired) electrons. The fourth-order valence-corrected chi connectivity index (χ4v) is 5.50. The lowest BCUT2D eigenvalue weighted by molar-refractivity contribution is 0.0423. The first kappa shape index (κ1) is 42.4. The third-order valence-electron chi connectivity index (χ3n) is 8.60. The fraction of sp³-hybridized carbons (Fsp3) is 0.786. The van der Waals surface area contributed by atoms with Gasteiger partial charge in [0.15, 0.2) is 0 Å². The van der Waals surface area contributed by atoms with Crippen molar-refractivity contribution in [3.05, 3.63) is 48.6 Å². The van der Waals surface area contributed by atoms with Crippen LogP contribution in [0.3, 0.4) is 0 Å². The highest BCUT2D eigenvalue weighted by Crippen LogP contribution is 2.18. The van der Waals surface area contributed by atoms with E-state index >= 15 is 0 Å². The Bertz CT molecular complexity index is 647. The number of nitrogens with zero attached hydrogens (tertiary/aromatic N) is 1. The maximum absolute atomic E-state index is 6.10. The van der Waals surface area contributed by atoms with Crippen LogP contribution in [0.4, 0.5) is 0 Å². The number of rotatable bonds is 34. The maximum Gasteiger partial charge on any atom is 0.127 e. The lowest BCUT2D eigenvalue weighted by Gasteiger charge is -2.16. The van der Waals surface area contributed by atoms with E-state index in [1.54, 1.807) is 0 Å². The van der Waals surface area contributed by atoms with Gasteiger partial charge in [0.05, 0.1) is 5.71 Å². The Morgan fingerprint density at radius 1 is 0.432 bits per heavy atom. The molecule has 0 unspecified atom stereocenters. The van der Waals surface area contributed by atoms with Crippen LogP contribution in [0.5, 0.6) is 0 Å². The minimum atomic E-state index is 0.305. The minimum absolute atomic E-state index is 0.305. The fourth-order valence-electron chi connectivity index (χ4n) is 5.50. The van der Waals surface area contributed by atoms with Gasteiger partial charge in [0.2, 0.25) is 0 Å². The molecule has 0 amide bonds. The van der Waals surface area contributed by atoms with Gasteiger partial charge in [-0.05, 0) is 103 Å². The molecule has 0 aromatic rings. The average molecular weight is 612 g/mol. The van der Waals surface area contributed by atoms with Crippen molar-refractivity contribution in [3.8, 4) is 0 Å². The number of hydrogen-bond acceptors (Lipinski definition) is 2. The molecule has 0 atom stereocenters. The van der Waals surface area contributed by atoms with Gasteiger partial charge in [-0.15, -0.1) is 0 Å². The summed E-state index contributed by atoms with van der Waals surface area (Å²) in [6, 6.07) is 0. The molecule has 0 N–H and O–H groups in total. The van der Waals surface area contributed by atoms with Crippen LogP contribution in [-0.2, 0) is 4.84 Å². The molecule has 0 rings (SSSR count). The first-order valence-electron chi connectivity index (χ1n) is 19.6. The normalized spacial score (nSPS) is 12.2. The summed E-state index contributed by atoms with van der Waals surface area (Å²) in [5, 5.41) is 4.54. The predicted molar refractivity (Wildman–Crippen MR) is 201 cm³/mol. The third-order valence-corrected chi connectivity index (χ3v) is 8.60. The summed E-state index contributed by atoms with van der Waals surface area (Å²) in [6.07, 6.45) is 54.8. The highest BCUT2D eigenvalue weighted by atomic mass is 16.6. The van der Waals surface area contributed by atoms with Crippen LogP contribution in [-0.4, -0.2) is 11.8 Å². The highest BCUT2D eigenvalue weighted by Gasteiger charge is 2.10. The SMILES string of the molecule is CCCCC/C=C\C/C=C\CCCCCCCCC(CCCCCCCC/C=C\C/C=C\CCCCC)ON=C(CC)CC. The van der Waals surface area contributed by atoms with Crippen LogP contribution in [0.25, 0.3) is 0 Å². The zero-order chi connectivity index (χ0) is 32.0. The molecule has 2 heteroatoms. The van der Waals surface area contributed by atoms with E-state index < -0.39 is 0 Å². The molecule has 256 valence electrons. The van der Waals surface area contributed by atoms with Gasteiger partial charge in [0.25, 0.3) is 0 Å². The lowest BCUT2D eigenvalue weighted by Crippen LogP contribution is -2.11. The molecule has 0 fully saturated rings. The number of hydrogen-bond donors (Lipinski definition) is 0. The monoisotopic (exact) mass is 612 g/mol. The molecule has 0 heterocycles. The van der Waals surface area contributed by atoms with Crippen molar-refractivity contribution in [1.82, 2.24) is 0 Å². The van der Waals surface area contributed by atoms with E-state index in [9.17, 15) is 0 Å². The van der Waals surface area contributed by atoms with Crippen LogP contribution in [0.15, 0.2) is 53.8 Å². The van der Waals surface area contributed by atoms with Gasteiger partial charge in [-0.3, -0.25) is 0 Å². The zero-order valence-electron chi connectivity index (χ0n) is 30.4. The van der Waals surface area contributed by atoms with Crippen LogP contribution < -0.4 is 0 Å². The second kappa shape index (κ2) is 37.6. The molecule has 0 aromatic carbocycles. The average Bonchev–Trinajstić information content (AvgIpc) is 3.04. The van der Waals surface area contributed by atoms with Gasteiger partial charge < -0.3 is 4.84 Å². The van der Waals surface area contributed by atoms with Gasteiger partial charge in [0, 0.05) is 0 Å². The second-order valence-corrected chi connectivity index (χ2v) is 12.8. The molecule has 44 heavy (non-hydrogen) atoms. The smallest absolute Gasteiger partial charge is 0.127 e. The zero-order valence-corrected chi connectivity index (χ0v) is 30.4. The second-order valence-electron chi connectivity index (χ2n) is 12.8. The molecular formula is C42H77NO. The van der Waals surface area contributed by atoms with E-state index in [0.717, 1.165) is 25.7 Å². The van der Waals surface area contributed by atoms with Gasteiger partial charge in [-0.2, -0.15) is 0 Å². The van der Waals surface area contributed by atoms with Crippen molar-refractivity contribution >= 4 is 5.71 Å². The Labute approximate surface area is 277 Å². The van der Waals surface area contributed by atoms with Crippen LogP contribution in [0.1, 0.15) is 207 Å². The van der Waals surface area contributed by atoms with Gasteiger partial charge in [-0.25, -0.2) is 0 Å². The predicted octanol–water partition coefficient (Wildman–Crippen LogP) is 15.0. The van der Waals surface area contributed by atoms with Crippen molar-refractivity contribution in [3.63, 3.8) is 0 Å². The van der Waals surface area contributed by atoms with E-state index in [4.69, 9.17) is 4.84 Å². The number of unbranched alkanes of at least 4 members (excludes halogenated alkanes) is 18. The van der Waals surface area contributed by atoms with Crippen molar-refractivity contribution in [1.29, 1.82) is 0 Å². The van der Waals surface area contributed by atoms with Gasteiger partial charge >= 0.3 is 0 Å². The molecule has 0 aliphatic heterocycles. The van der Waals surface area contributed by atoms with Crippen LogP contribution in [0, 0.1) is 0 Å². The van der Waals surface area contributed by atoms with Crippen molar-refractivity contribution in [2.45, 2.75) is 214 Å². The lowest BCUT2D eigenvalue weighted by atomic mass is 10.0. The van der Waals surface area contributed by atoms with Crippen LogP contribution in [0.2, 0.25) is 0 Å². The summed E-state index contributed by atoms with van der Waals surface area (Å²) in [7, 11) is 0. The maximum atomic E-state index is 6.10. The quantitative estimate of drug-likeness (QED) is 0.0307. The summed E-state index contributed by atoms with van der Waals surface area (Å²) >= 11 is 0. The molecule has 0 aliphatic carbocycles. The Morgan fingerprint density at radius 2 is 0.773 bits per heavy atom. The van der Waals surface area contributed by atoms with Gasteiger partial charge in [0.1, 0.15) is 6.10 Å². The Morgan fingerprint density at radius 3 is 1.14 bits per heavy atom. The van der Waals surface area contributed by atoms with Crippen molar-refractivity contribution in [2.24, 2.45) is 5.16 Å². The Hall–Kier alpha value is -1.57. The molecule has 0 saturated heterocycles. The minimum Gasteiger partial charge on any atom is -0.393 e. The molecule has 0 bridgehead atoms. The molecule has 0 saturated carbocycles. The first-order valence-corrected chi connectivity index (χ1v) is 19.6. The Kier molecular flexibility index (Phi) is 36.3. The summed E-state index contributed by atoms with van der Waals surface area (Å²) in [5.74, 6) is 0. The highest BCUT2D eigenvalue weighted by molar-refractivity contribution is 5.83. The summed E-state index contributed by atoms with van der Waals surface area (Å²) in [6.45, 7) is 8.91. The first-order chi connectivity index (χ1) is 21.8. The molecule has 0 spiro atoms. The third kappa shape index (κ3) is 33.3. The summed E-state index contributed by atoms with van der Waals surface area (Å²) in [5.41, 5.74) is 1.20. The largest absolute Gasteiger partial charge is 0.393 e. The van der Waals surface area contributed by atoms with E-state index in [0.29, 0.717) is 6.10 Å². The van der Waals surface area contributed by atoms with E-state index in [1.807, 2.05) is 0 Å². The number of oxime groups is 1. The van der Waals surface area contributed by atoms with E-state index in [1.165, 1.54) is 160 Å². The van der Waals surface area contributed by atoms with Crippen molar-refractivity contribution in [2.75, 3.05) is 0 Å². The summed E-state index contributed by atoms with van der Waals surface area (Å²) < 4.78 is 0. The molecule has 0 aliphatic rings. The van der Waals surface area contributed by atoms with Crippen LogP contribution >= 0.6 is 0 Å². The van der Waals surface area contributed by atoms with Crippen molar-refractivity contribution < 1.29 is 4.84 Å². The topological polar surface area (TPSA) is 21.6 Å². The molecule has 2 nitrogen and oxygen atoms in total. The summed E-state index contributed by atoms with van der Waals surface area (Å²) in [4.78, 5) is 6.10. The Balaban J connectivity index is 3.91.